The number of carbonyl (C=O) groups is 1. The van der Waals surface area contributed by atoms with E-state index in [-0.39, 0.29) is 17.4 Å². The molecule has 0 radical (unpaired) electrons. The molecule has 27 heavy (non-hydrogen) atoms. The minimum Gasteiger partial charge on any atom is -0.490 e. The molecule has 0 bridgehead atoms. The predicted molar refractivity (Wildman–Crippen MR) is 106 cm³/mol. The quantitative estimate of drug-likeness (QED) is 0.816. The summed E-state index contributed by atoms with van der Waals surface area (Å²) in [6.07, 6.45) is 1.92. The highest BCUT2D eigenvalue weighted by atomic mass is 32.2. The molecule has 0 aromatic heterocycles. The highest BCUT2D eigenvalue weighted by Crippen LogP contribution is 2.34. The molecule has 6 nitrogen and oxygen atoms in total. The third-order valence-corrected chi connectivity index (χ3v) is 5.85. The second kappa shape index (κ2) is 7.23. The molecular weight excluding hydrogens is 364 g/mol. The SMILES string of the molecule is CCCc1ccc(S(=O)(=O)Nc2ccc3c(c2)NC(=O)C(C)(C)CO3)cc1. The summed E-state index contributed by atoms with van der Waals surface area (Å²) in [7, 11) is -3.72. The van der Waals surface area contributed by atoms with Crippen LogP contribution in [-0.4, -0.2) is 20.9 Å². The highest BCUT2D eigenvalue weighted by Gasteiger charge is 2.32. The van der Waals surface area contributed by atoms with Gasteiger partial charge in [-0.25, -0.2) is 8.42 Å². The lowest BCUT2D eigenvalue weighted by atomic mass is 9.94. The first-order valence-corrected chi connectivity index (χ1v) is 10.4. The van der Waals surface area contributed by atoms with E-state index < -0.39 is 15.4 Å². The minimum atomic E-state index is -3.72. The lowest BCUT2D eigenvalue weighted by molar-refractivity contribution is -0.124. The second-order valence-corrected chi connectivity index (χ2v) is 9.02. The van der Waals surface area contributed by atoms with Gasteiger partial charge in [-0.15, -0.1) is 0 Å². The van der Waals surface area contributed by atoms with Crippen LogP contribution < -0.4 is 14.8 Å². The van der Waals surface area contributed by atoms with E-state index in [1.165, 1.54) is 0 Å². The number of hydrogen-bond acceptors (Lipinski definition) is 4. The second-order valence-electron chi connectivity index (χ2n) is 7.34. The van der Waals surface area contributed by atoms with E-state index in [1.807, 2.05) is 12.1 Å². The number of aryl methyl sites for hydroxylation is 1. The van der Waals surface area contributed by atoms with Gasteiger partial charge in [0.05, 0.1) is 21.7 Å². The van der Waals surface area contributed by atoms with E-state index in [0.29, 0.717) is 17.1 Å². The van der Waals surface area contributed by atoms with Crippen LogP contribution in [0, 0.1) is 5.41 Å². The zero-order valence-electron chi connectivity index (χ0n) is 15.7. The van der Waals surface area contributed by atoms with Gasteiger partial charge in [0.2, 0.25) is 5.91 Å². The third-order valence-electron chi connectivity index (χ3n) is 4.46. The monoisotopic (exact) mass is 388 g/mol. The summed E-state index contributed by atoms with van der Waals surface area (Å²) in [5.74, 6) is 0.341. The summed E-state index contributed by atoms with van der Waals surface area (Å²) in [6, 6.07) is 11.7. The van der Waals surface area contributed by atoms with Gasteiger partial charge < -0.3 is 10.1 Å². The highest BCUT2D eigenvalue weighted by molar-refractivity contribution is 7.92. The van der Waals surface area contributed by atoms with Crippen molar-refractivity contribution in [2.45, 2.75) is 38.5 Å². The molecule has 0 atom stereocenters. The molecule has 1 amide bonds. The van der Waals surface area contributed by atoms with Crippen molar-refractivity contribution in [2.24, 2.45) is 5.41 Å². The first kappa shape index (κ1) is 19.2. The van der Waals surface area contributed by atoms with Crippen LogP contribution in [0.4, 0.5) is 11.4 Å². The van der Waals surface area contributed by atoms with Crippen molar-refractivity contribution in [1.82, 2.24) is 0 Å². The zero-order valence-corrected chi connectivity index (χ0v) is 16.5. The topological polar surface area (TPSA) is 84.5 Å². The molecule has 0 spiro atoms. The summed E-state index contributed by atoms with van der Waals surface area (Å²) >= 11 is 0. The van der Waals surface area contributed by atoms with Crippen molar-refractivity contribution in [1.29, 1.82) is 0 Å². The molecule has 0 fully saturated rings. The maximum Gasteiger partial charge on any atom is 0.261 e. The van der Waals surface area contributed by atoms with Gasteiger partial charge in [-0.05, 0) is 56.2 Å². The summed E-state index contributed by atoms with van der Waals surface area (Å²) < 4.78 is 33.5. The lowest BCUT2D eigenvalue weighted by Gasteiger charge is -2.18. The van der Waals surface area contributed by atoms with Gasteiger partial charge in [0.25, 0.3) is 10.0 Å². The number of carbonyl (C=O) groups excluding carboxylic acids is 1. The summed E-state index contributed by atoms with van der Waals surface area (Å²) in [6.45, 7) is 5.91. The standard InChI is InChI=1S/C20H24N2O4S/c1-4-5-14-6-9-16(10-7-14)27(24,25)22-15-8-11-18-17(12-15)21-19(23)20(2,3)13-26-18/h6-12,22H,4-5,13H2,1-3H3,(H,21,23). The Kier molecular flexibility index (Phi) is 5.15. The number of benzene rings is 2. The van der Waals surface area contributed by atoms with E-state index in [0.717, 1.165) is 18.4 Å². The van der Waals surface area contributed by atoms with E-state index in [1.54, 1.807) is 44.2 Å². The number of fused-ring (bicyclic) bond motifs is 1. The molecule has 144 valence electrons. The molecule has 0 saturated carbocycles. The van der Waals surface area contributed by atoms with Crippen LogP contribution in [0.25, 0.3) is 0 Å². The van der Waals surface area contributed by atoms with Gasteiger partial charge in [-0.2, -0.15) is 0 Å². The van der Waals surface area contributed by atoms with Crippen LogP contribution in [0.3, 0.4) is 0 Å². The number of rotatable bonds is 5. The Morgan fingerprint density at radius 1 is 1.15 bits per heavy atom. The smallest absolute Gasteiger partial charge is 0.261 e. The molecule has 3 rings (SSSR count). The van der Waals surface area contributed by atoms with E-state index >= 15 is 0 Å². The lowest BCUT2D eigenvalue weighted by Crippen LogP contribution is -2.33. The van der Waals surface area contributed by atoms with Crippen molar-refractivity contribution in [3.63, 3.8) is 0 Å². The van der Waals surface area contributed by atoms with E-state index in [9.17, 15) is 13.2 Å². The van der Waals surface area contributed by atoms with Crippen molar-refractivity contribution in [3.05, 3.63) is 48.0 Å². The Morgan fingerprint density at radius 3 is 2.52 bits per heavy atom. The Bertz CT molecular complexity index is 950. The fraction of sp³-hybridized carbons (Fsp3) is 0.350. The molecule has 7 heteroatoms. The molecule has 0 unspecified atom stereocenters. The van der Waals surface area contributed by atoms with Crippen molar-refractivity contribution >= 4 is 27.3 Å². The van der Waals surface area contributed by atoms with Gasteiger partial charge >= 0.3 is 0 Å². The molecule has 1 aliphatic rings. The van der Waals surface area contributed by atoms with Crippen LogP contribution in [0.15, 0.2) is 47.4 Å². The summed E-state index contributed by atoms with van der Waals surface area (Å²) in [4.78, 5) is 12.5. The number of sulfonamides is 1. The molecule has 2 aromatic rings. The Hall–Kier alpha value is -2.54. The fourth-order valence-corrected chi connectivity index (χ4v) is 3.82. The zero-order chi connectivity index (χ0) is 19.7. The summed E-state index contributed by atoms with van der Waals surface area (Å²) in [5.41, 5.74) is 1.24. The molecule has 1 aliphatic heterocycles. The van der Waals surface area contributed by atoms with E-state index in [4.69, 9.17) is 4.74 Å². The average molecular weight is 388 g/mol. The van der Waals surface area contributed by atoms with Crippen molar-refractivity contribution in [2.75, 3.05) is 16.6 Å². The number of amides is 1. The fourth-order valence-electron chi connectivity index (χ4n) is 2.77. The Labute approximate surface area is 160 Å². The Balaban J connectivity index is 1.83. The van der Waals surface area contributed by atoms with Crippen molar-refractivity contribution < 1.29 is 17.9 Å². The number of anilines is 2. The normalized spacial score (nSPS) is 15.9. The van der Waals surface area contributed by atoms with Crippen molar-refractivity contribution in [3.8, 4) is 5.75 Å². The van der Waals surface area contributed by atoms with Gasteiger partial charge in [-0.1, -0.05) is 25.5 Å². The molecular formula is C20H24N2O4S. The van der Waals surface area contributed by atoms with E-state index in [2.05, 4.69) is 17.0 Å². The van der Waals surface area contributed by atoms with Crippen LogP contribution >= 0.6 is 0 Å². The number of nitrogens with one attached hydrogen (secondary N) is 2. The first-order valence-electron chi connectivity index (χ1n) is 8.91. The van der Waals surface area contributed by atoms with Gasteiger partial charge in [0.1, 0.15) is 12.4 Å². The van der Waals surface area contributed by atoms with Gasteiger partial charge in [0.15, 0.2) is 0 Å². The summed E-state index contributed by atoms with van der Waals surface area (Å²) in [5, 5.41) is 2.80. The molecule has 0 aliphatic carbocycles. The maximum atomic E-state index is 12.6. The largest absolute Gasteiger partial charge is 0.490 e. The van der Waals surface area contributed by atoms with Gasteiger partial charge in [-0.3, -0.25) is 9.52 Å². The number of ether oxygens (including phenoxy) is 1. The minimum absolute atomic E-state index is 0.173. The maximum absolute atomic E-state index is 12.6. The third kappa shape index (κ3) is 4.24. The first-order chi connectivity index (χ1) is 12.7. The van der Waals surface area contributed by atoms with Crippen LogP contribution in [-0.2, 0) is 21.2 Å². The number of hydrogen-bond donors (Lipinski definition) is 2. The van der Waals surface area contributed by atoms with Gasteiger partial charge in [0, 0.05) is 0 Å². The molecule has 2 aromatic carbocycles. The van der Waals surface area contributed by atoms with Crippen LogP contribution in [0.2, 0.25) is 0 Å². The van der Waals surface area contributed by atoms with Crippen LogP contribution in [0.5, 0.6) is 5.75 Å². The molecule has 2 N–H and O–H groups in total. The predicted octanol–water partition coefficient (Wildman–Crippen LogP) is 3.80. The molecule has 0 saturated heterocycles. The average Bonchev–Trinajstić information content (AvgIpc) is 2.72. The molecule has 1 heterocycles. The Morgan fingerprint density at radius 2 is 1.85 bits per heavy atom. The van der Waals surface area contributed by atoms with Crippen LogP contribution in [0.1, 0.15) is 32.8 Å².